The van der Waals surface area contributed by atoms with Crippen LogP contribution in [-0.2, 0) is 0 Å². The molecule has 1 heterocycles. The van der Waals surface area contributed by atoms with E-state index in [0.29, 0.717) is 12.0 Å². The van der Waals surface area contributed by atoms with Crippen molar-refractivity contribution in [2.75, 3.05) is 6.54 Å². The van der Waals surface area contributed by atoms with Gasteiger partial charge in [-0.1, -0.05) is 57.7 Å². The third kappa shape index (κ3) is 3.01. The second-order valence-electron chi connectivity index (χ2n) is 6.34. The van der Waals surface area contributed by atoms with Crippen molar-refractivity contribution in [1.29, 1.82) is 0 Å². The quantitative estimate of drug-likeness (QED) is 0.806. The minimum Gasteiger partial charge on any atom is -0.459 e. The zero-order valence-electron chi connectivity index (χ0n) is 13.3. The lowest BCUT2D eigenvalue weighted by molar-refractivity contribution is 0.164. The third-order valence-corrected chi connectivity index (χ3v) is 5.10. The Labute approximate surface area is 127 Å². The maximum absolute atomic E-state index is 6.17. The van der Waals surface area contributed by atoms with E-state index in [9.17, 15) is 0 Å². The molecule has 1 aromatic carbocycles. The molecule has 1 fully saturated rings. The van der Waals surface area contributed by atoms with Gasteiger partial charge in [0.25, 0.3) is 0 Å². The van der Waals surface area contributed by atoms with Gasteiger partial charge >= 0.3 is 0 Å². The fourth-order valence-corrected chi connectivity index (χ4v) is 4.02. The van der Waals surface area contributed by atoms with Gasteiger partial charge in [0.2, 0.25) is 0 Å². The first-order valence-electron chi connectivity index (χ1n) is 8.55. The van der Waals surface area contributed by atoms with Crippen molar-refractivity contribution in [2.45, 2.75) is 52.0 Å². The summed E-state index contributed by atoms with van der Waals surface area (Å²) in [6.45, 7) is 5.53. The third-order valence-electron chi connectivity index (χ3n) is 5.10. The molecule has 1 aliphatic carbocycles. The maximum atomic E-state index is 6.17. The van der Waals surface area contributed by atoms with Crippen molar-refractivity contribution in [1.82, 2.24) is 5.32 Å². The summed E-state index contributed by atoms with van der Waals surface area (Å²) in [6, 6.07) is 11.0. The number of rotatable bonds is 5. The minimum atomic E-state index is 0.368. The smallest absolute Gasteiger partial charge is 0.134 e. The van der Waals surface area contributed by atoms with Gasteiger partial charge in [-0.3, -0.25) is 0 Å². The number of fused-ring (bicyclic) bond motifs is 1. The zero-order valence-corrected chi connectivity index (χ0v) is 13.3. The van der Waals surface area contributed by atoms with Gasteiger partial charge in [-0.05, 0) is 36.9 Å². The summed E-state index contributed by atoms with van der Waals surface area (Å²) in [5.74, 6) is 2.67. The van der Waals surface area contributed by atoms with E-state index in [1.807, 2.05) is 6.07 Å². The molecule has 1 aromatic heterocycles. The molecule has 0 bridgehead atoms. The summed E-state index contributed by atoms with van der Waals surface area (Å²) in [5.41, 5.74) is 1.01. The molecule has 1 N–H and O–H groups in total. The van der Waals surface area contributed by atoms with E-state index in [-0.39, 0.29) is 0 Å². The molecule has 2 nitrogen and oxygen atoms in total. The van der Waals surface area contributed by atoms with E-state index in [4.69, 9.17) is 4.42 Å². The molecule has 1 saturated carbocycles. The summed E-state index contributed by atoms with van der Waals surface area (Å²) >= 11 is 0. The van der Waals surface area contributed by atoms with E-state index >= 15 is 0 Å². The summed E-state index contributed by atoms with van der Waals surface area (Å²) < 4.78 is 6.17. The van der Waals surface area contributed by atoms with Gasteiger partial charge in [-0.15, -0.1) is 0 Å². The number of hydrogen-bond donors (Lipinski definition) is 1. The van der Waals surface area contributed by atoms with Crippen LogP contribution in [-0.4, -0.2) is 6.54 Å². The molecule has 2 heteroatoms. The Morgan fingerprint density at radius 2 is 2.00 bits per heavy atom. The van der Waals surface area contributed by atoms with Crippen LogP contribution in [0.2, 0.25) is 0 Å². The van der Waals surface area contributed by atoms with Crippen molar-refractivity contribution in [2.24, 2.45) is 11.8 Å². The highest BCUT2D eigenvalue weighted by atomic mass is 16.3. The van der Waals surface area contributed by atoms with Gasteiger partial charge in [0.1, 0.15) is 11.3 Å². The van der Waals surface area contributed by atoms with Crippen LogP contribution in [0.4, 0.5) is 0 Å². The Balaban J connectivity index is 1.92. The van der Waals surface area contributed by atoms with Crippen LogP contribution in [0.5, 0.6) is 0 Å². The number of benzene rings is 1. The van der Waals surface area contributed by atoms with Crippen LogP contribution in [0.1, 0.15) is 57.8 Å². The maximum Gasteiger partial charge on any atom is 0.134 e. The molecule has 114 valence electrons. The van der Waals surface area contributed by atoms with Crippen LogP contribution < -0.4 is 5.32 Å². The molecule has 21 heavy (non-hydrogen) atoms. The molecule has 0 spiro atoms. The van der Waals surface area contributed by atoms with E-state index < -0.39 is 0 Å². The zero-order chi connectivity index (χ0) is 14.7. The lowest BCUT2D eigenvalue weighted by Gasteiger charge is -2.36. The van der Waals surface area contributed by atoms with Crippen LogP contribution in [0.3, 0.4) is 0 Å². The van der Waals surface area contributed by atoms with Crippen molar-refractivity contribution in [3.05, 3.63) is 36.1 Å². The SMILES string of the molecule is CCNC(c1cc2ccccc2o1)C1CCCCC1CC. The monoisotopic (exact) mass is 285 g/mol. The number of nitrogens with one attached hydrogen (secondary N) is 1. The Bertz CT molecular complexity index is 541. The Morgan fingerprint density at radius 1 is 1.19 bits per heavy atom. The highest BCUT2D eigenvalue weighted by Gasteiger charge is 2.33. The predicted octanol–water partition coefficient (Wildman–Crippen LogP) is 5.30. The van der Waals surface area contributed by atoms with Crippen molar-refractivity contribution >= 4 is 11.0 Å². The van der Waals surface area contributed by atoms with Crippen molar-refractivity contribution < 1.29 is 4.42 Å². The molecule has 3 unspecified atom stereocenters. The van der Waals surface area contributed by atoms with Crippen molar-refractivity contribution in [3.63, 3.8) is 0 Å². The highest BCUT2D eigenvalue weighted by Crippen LogP contribution is 2.41. The van der Waals surface area contributed by atoms with Gasteiger partial charge in [0.05, 0.1) is 6.04 Å². The number of hydrogen-bond acceptors (Lipinski definition) is 2. The molecule has 1 aliphatic rings. The second kappa shape index (κ2) is 6.65. The van der Waals surface area contributed by atoms with Gasteiger partial charge in [0, 0.05) is 5.39 Å². The van der Waals surface area contributed by atoms with Gasteiger partial charge < -0.3 is 9.73 Å². The molecule has 0 radical (unpaired) electrons. The van der Waals surface area contributed by atoms with E-state index in [1.165, 1.54) is 37.5 Å². The fraction of sp³-hybridized carbons (Fsp3) is 0.579. The first kappa shape index (κ1) is 14.6. The Morgan fingerprint density at radius 3 is 2.76 bits per heavy atom. The first-order chi connectivity index (χ1) is 10.3. The first-order valence-corrected chi connectivity index (χ1v) is 8.55. The highest BCUT2D eigenvalue weighted by molar-refractivity contribution is 5.77. The summed E-state index contributed by atoms with van der Waals surface area (Å²) in [6.07, 6.45) is 6.75. The lowest BCUT2D eigenvalue weighted by Crippen LogP contribution is -2.34. The van der Waals surface area contributed by atoms with Gasteiger partial charge in [-0.25, -0.2) is 0 Å². The Kier molecular flexibility index (Phi) is 4.64. The lowest BCUT2D eigenvalue weighted by atomic mass is 9.73. The summed E-state index contributed by atoms with van der Waals surface area (Å²) in [7, 11) is 0. The van der Waals surface area contributed by atoms with Crippen LogP contribution >= 0.6 is 0 Å². The predicted molar refractivity (Wildman–Crippen MR) is 88.4 cm³/mol. The van der Waals surface area contributed by atoms with Gasteiger partial charge in [0.15, 0.2) is 0 Å². The Hall–Kier alpha value is -1.28. The van der Waals surface area contributed by atoms with E-state index in [0.717, 1.165) is 23.8 Å². The average molecular weight is 285 g/mol. The standard InChI is InChI=1S/C19H27NO/c1-3-14-9-5-7-11-16(14)19(20-4-2)18-13-15-10-6-8-12-17(15)21-18/h6,8,10,12-14,16,19-20H,3-5,7,9,11H2,1-2H3. The largest absolute Gasteiger partial charge is 0.459 e. The molecule has 0 aliphatic heterocycles. The molecule has 0 amide bonds. The second-order valence-corrected chi connectivity index (χ2v) is 6.34. The topological polar surface area (TPSA) is 25.2 Å². The van der Waals surface area contributed by atoms with E-state index in [2.05, 4.69) is 43.4 Å². The number of furan rings is 1. The molecule has 0 saturated heterocycles. The molecule has 3 atom stereocenters. The van der Waals surface area contributed by atoms with Crippen molar-refractivity contribution in [3.8, 4) is 0 Å². The molecular weight excluding hydrogens is 258 g/mol. The summed E-state index contributed by atoms with van der Waals surface area (Å²) in [4.78, 5) is 0. The fourth-order valence-electron chi connectivity index (χ4n) is 4.02. The summed E-state index contributed by atoms with van der Waals surface area (Å²) in [5, 5.41) is 4.92. The minimum absolute atomic E-state index is 0.368. The number of para-hydroxylation sites is 1. The van der Waals surface area contributed by atoms with Crippen LogP contribution in [0, 0.1) is 11.8 Å². The van der Waals surface area contributed by atoms with E-state index in [1.54, 1.807) is 0 Å². The molecule has 3 rings (SSSR count). The van der Waals surface area contributed by atoms with Gasteiger partial charge in [-0.2, -0.15) is 0 Å². The van der Waals surface area contributed by atoms with Crippen LogP contribution in [0.15, 0.2) is 34.7 Å². The molecule has 2 aromatic rings. The van der Waals surface area contributed by atoms with Crippen LogP contribution in [0.25, 0.3) is 11.0 Å². The normalized spacial score (nSPS) is 24.3. The average Bonchev–Trinajstić information content (AvgIpc) is 2.96. The molecular formula is C19H27NO.